The molecule has 29 heavy (non-hydrogen) atoms. The van der Waals surface area contributed by atoms with Gasteiger partial charge in [0, 0.05) is 6.20 Å². The molecule has 1 aromatic rings. The van der Waals surface area contributed by atoms with Crippen molar-refractivity contribution in [3.05, 3.63) is 35.1 Å². The second-order valence-corrected chi connectivity index (χ2v) is 15.3. The van der Waals surface area contributed by atoms with E-state index in [1.54, 1.807) is 12.3 Å². The van der Waals surface area contributed by atoms with Crippen LogP contribution in [0.2, 0.25) is 23.3 Å². The largest absolute Gasteiger partial charge is 0.444 e. The molecule has 0 saturated carbocycles. The van der Waals surface area contributed by atoms with E-state index < -0.39 is 20.0 Å². The molecule has 0 fully saturated rings. The van der Waals surface area contributed by atoms with Crippen molar-refractivity contribution in [1.82, 2.24) is 10.3 Å². The van der Waals surface area contributed by atoms with Crippen molar-refractivity contribution in [3.63, 3.8) is 0 Å². The predicted octanol–water partition coefficient (Wildman–Crippen LogP) is 6.20. The van der Waals surface area contributed by atoms with Gasteiger partial charge in [-0.1, -0.05) is 44.5 Å². The Balaban J connectivity index is 2.29. The summed E-state index contributed by atoms with van der Waals surface area (Å²) in [6.07, 6.45) is 5.09. The highest BCUT2D eigenvalue weighted by atomic mass is 35.5. The van der Waals surface area contributed by atoms with E-state index in [9.17, 15) is 4.79 Å². The number of halogens is 1. The van der Waals surface area contributed by atoms with Gasteiger partial charge in [-0.25, -0.2) is 9.78 Å². The zero-order chi connectivity index (χ0) is 22.0. The molecule has 2 rings (SSSR count). The molecule has 1 heterocycles. The Bertz CT molecular complexity index is 749. The lowest BCUT2D eigenvalue weighted by Crippen LogP contribution is -2.46. The van der Waals surface area contributed by atoms with Crippen molar-refractivity contribution >= 4 is 31.6 Å². The Morgan fingerprint density at radius 3 is 2.34 bits per heavy atom. The van der Waals surface area contributed by atoms with Crippen molar-refractivity contribution in [2.45, 2.75) is 90.3 Å². The Hall–Kier alpha value is -1.37. The summed E-state index contributed by atoms with van der Waals surface area (Å²) < 4.78 is 12.1. The monoisotopic (exact) mass is 438 g/mol. The minimum atomic E-state index is -1.91. The van der Waals surface area contributed by atoms with Gasteiger partial charge in [-0.2, -0.15) is 0 Å². The average molecular weight is 439 g/mol. The number of aromatic nitrogens is 1. The average Bonchev–Trinajstić information content (AvgIpc) is 2.54. The topological polar surface area (TPSA) is 60.5 Å². The maximum atomic E-state index is 12.4. The smallest absolute Gasteiger partial charge is 0.408 e. The molecule has 1 aliphatic rings. The Morgan fingerprint density at radius 1 is 1.17 bits per heavy atom. The number of amides is 1. The van der Waals surface area contributed by atoms with Crippen molar-refractivity contribution in [3.8, 4) is 0 Å². The van der Waals surface area contributed by atoms with Gasteiger partial charge in [0.15, 0.2) is 8.32 Å². The van der Waals surface area contributed by atoms with E-state index in [0.29, 0.717) is 5.15 Å². The summed E-state index contributed by atoms with van der Waals surface area (Å²) in [4.78, 5) is 16.6. The normalized spacial score (nSPS) is 20.8. The molecular weight excluding hydrogens is 404 g/mol. The summed E-state index contributed by atoms with van der Waals surface area (Å²) in [5, 5.41) is 3.59. The van der Waals surface area contributed by atoms with Gasteiger partial charge in [0.2, 0.25) is 0 Å². The minimum Gasteiger partial charge on any atom is -0.444 e. The molecule has 0 aromatic carbocycles. The first-order chi connectivity index (χ1) is 13.2. The summed E-state index contributed by atoms with van der Waals surface area (Å²) in [5.74, 6) is 0. The predicted molar refractivity (Wildman–Crippen MR) is 122 cm³/mol. The molecule has 1 amide bonds. The summed E-state index contributed by atoms with van der Waals surface area (Å²) >= 11 is 5.97. The molecule has 0 saturated heterocycles. The van der Waals surface area contributed by atoms with Crippen molar-refractivity contribution < 1.29 is 14.0 Å². The van der Waals surface area contributed by atoms with Crippen LogP contribution in [0.1, 0.15) is 59.9 Å². The molecule has 0 unspecified atom stereocenters. The third-order valence-corrected chi connectivity index (χ3v) is 10.2. The Labute approximate surface area is 181 Å². The van der Waals surface area contributed by atoms with Gasteiger partial charge in [-0.3, -0.25) is 0 Å². The van der Waals surface area contributed by atoms with Crippen LogP contribution in [-0.2, 0) is 9.16 Å². The third kappa shape index (κ3) is 6.83. The summed E-state index contributed by atoms with van der Waals surface area (Å²) in [5.41, 5.74) is 1.38. The fraction of sp³-hybridized carbons (Fsp3) is 0.636. The standard InChI is InChI=1S/C22H35ClN2O3Si/c1-21(2,3)27-20(26)25-18-11-10-16(28-29(7,8)22(4,5)6)13-17(18)15-9-12-19(23)24-14-15/h9,12-14,16,18H,10-11H2,1-8H3,(H,25,26)/t16-,18+/m0/s1. The molecule has 162 valence electrons. The van der Waals surface area contributed by atoms with Crippen LogP contribution in [0.15, 0.2) is 24.4 Å². The number of carbonyl (C=O) groups excluding carboxylic acids is 1. The van der Waals surface area contributed by atoms with Gasteiger partial charge in [-0.05, 0) is 68.9 Å². The Kier molecular flexibility index (Phi) is 7.24. The van der Waals surface area contributed by atoms with Crippen LogP contribution < -0.4 is 5.32 Å². The van der Waals surface area contributed by atoms with Crippen LogP contribution in [0.5, 0.6) is 0 Å². The zero-order valence-electron chi connectivity index (χ0n) is 18.9. The van der Waals surface area contributed by atoms with Crippen LogP contribution in [0, 0.1) is 0 Å². The number of rotatable bonds is 4. The third-order valence-electron chi connectivity index (χ3n) is 5.48. The van der Waals surface area contributed by atoms with E-state index in [2.05, 4.69) is 50.2 Å². The number of nitrogens with zero attached hydrogens (tertiary/aromatic N) is 1. The van der Waals surface area contributed by atoms with E-state index >= 15 is 0 Å². The molecule has 1 aromatic heterocycles. The van der Waals surface area contributed by atoms with Gasteiger partial charge >= 0.3 is 6.09 Å². The summed E-state index contributed by atoms with van der Waals surface area (Å²) in [6, 6.07) is 3.53. The van der Waals surface area contributed by atoms with Crippen molar-refractivity contribution in [2.75, 3.05) is 0 Å². The highest BCUT2D eigenvalue weighted by Crippen LogP contribution is 2.39. The number of alkyl carbamates (subject to hydrolysis) is 1. The molecule has 0 spiro atoms. The fourth-order valence-electron chi connectivity index (χ4n) is 2.98. The lowest BCUT2D eigenvalue weighted by Gasteiger charge is -2.40. The van der Waals surface area contributed by atoms with Gasteiger partial charge in [-0.15, -0.1) is 0 Å². The molecule has 0 aliphatic heterocycles. The van der Waals surface area contributed by atoms with E-state index in [4.69, 9.17) is 20.8 Å². The molecule has 0 bridgehead atoms. The highest BCUT2D eigenvalue weighted by molar-refractivity contribution is 6.74. The fourth-order valence-corrected chi connectivity index (χ4v) is 4.39. The van der Waals surface area contributed by atoms with Crippen LogP contribution in [-0.4, -0.2) is 37.1 Å². The number of carbonyl (C=O) groups is 1. The Morgan fingerprint density at radius 2 is 1.83 bits per heavy atom. The molecular formula is C22H35ClN2O3Si. The maximum Gasteiger partial charge on any atom is 0.408 e. The first kappa shape index (κ1) is 23.9. The molecule has 5 nitrogen and oxygen atoms in total. The molecule has 7 heteroatoms. The van der Waals surface area contributed by atoms with E-state index in [-0.39, 0.29) is 17.2 Å². The number of pyridine rings is 1. The van der Waals surface area contributed by atoms with Gasteiger partial charge in [0.1, 0.15) is 10.8 Å². The minimum absolute atomic E-state index is 0.0123. The SMILES string of the molecule is CC(C)(C)OC(=O)N[C@@H]1CC[C@H](O[Si](C)(C)C(C)(C)C)C=C1c1ccc(Cl)nc1. The van der Waals surface area contributed by atoms with Crippen LogP contribution in [0.4, 0.5) is 4.79 Å². The number of ether oxygens (including phenoxy) is 1. The first-order valence-corrected chi connectivity index (χ1v) is 13.5. The van der Waals surface area contributed by atoms with Crippen LogP contribution in [0.25, 0.3) is 5.57 Å². The lowest BCUT2D eigenvalue weighted by atomic mass is 9.88. The number of nitrogens with one attached hydrogen (secondary N) is 1. The lowest BCUT2D eigenvalue weighted by molar-refractivity contribution is 0.0509. The second kappa shape index (κ2) is 8.78. The quantitative estimate of drug-likeness (QED) is 0.449. The number of hydrogen-bond acceptors (Lipinski definition) is 4. The highest BCUT2D eigenvalue weighted by Gasteiger charge is 2.40. The van der Waals surface area contributed by atoms with E-state index in [0.717, 1.165) is 24.0 Å². The summed E-state index contributed by atoms with van der Waals surface area (Å²) in [6.45, 7) is 16.8. The van der Waals surface area contributed by atoms with Gasteiger partial charge in [0.05, 0.1) is 12.1 Å². The molecule has 1 N–H and O–H groups in total. The number of hydrogen-bond donors (Lipinski definition) is 1. The first-order valence-electron chi connectivity index (χ1n) is 10.2. The maximum absolute atomic E-state index is 12.4. The summed E-state index contributed by atoms with van der Waals surface area (Å²) in [7, 11) is -1.91. The van der Waals surface area contributed by atoms with E-state index in [1.165, 1.54) is 0 Å². The van der Waals surface area contributed by atoms with Crippen molar-refractivity contribution in [1.29, 1.82) is 0 Å². The van der Waals surface area contributed by atoms with Crippen LogP contribution in [0.3, 0.4) is 0 Å². The van der Waals surface area contributed by atoms with E-state index in [1.807, 2.05) is 26.8 Å². The molecule has 1 aliphatic carbocycles. The van der Waals surface area contributed by atoms with Gasteiger partial charge in [0.25, 0.3) is 0 Å². The molecule has 0 radical (unpaired) electrons. The zero-order valence-corrected chi connectivity index (χ0v) is 20.7. The second-order valence-electron chi connectivity index (χ2n) is 10.2. The molecule has 2 atom stereocenters. The van der Waals surface area contributed by atoms with Gasteiger partial charge < -0.3 is 14.5 Å². The van der Waals surface area contributed by atoms with Crippen LogP contribution >= 0.6 is 11.6 Å². The van der Waals surface area contributed by atoms with Crippen molar-refractivity contribution in [2.24, 2.45) is 0 Å².